The molecule has 7 nitrogen and oxygen atoms in total. The number of aromatic hydroxyl groups is 1. The largest absolute Gasteiger partial charge is 0.507 e. The number of carbonyl (C=O) groups excluding carboxylic acids is 1. The number of hydrogen-bond acceptors (Lipinski definition) is 5. The van der Waals surface area contributed by atoms with E-state index in [1.165, 1.54) is 0 Å². The van der Waals surface area contributed by atoms with Crippen molar-refractivity contribution in [3.05, 3.63) is 99.7 Å². The molecule has 1 aromatic heterocycles. The predicted octanol–water partition coefficient (Wildman–Crippen LogP) is 4.86. The van der Waals surface area contributed by atoms with Crippen LogP contribution in [0.1, 0.15) is 38.8 Å². The molecular weight excluding hydrogens is 466 g/mol. The fourth-order valence-corrected chi connectivity index (χ4v) is 4.62. The minimum absolute atomic E-state index is 0.0213. The molecule has 1 atom stereocenters. The number of phenolic OH excluding ortho intramolecular Hbond substituents is 1. The van der Waals surface area contributed by atoms with Crippen LogP contribution in [0, 0.1) is 6.92 Å². The summed E-state index contributed by atoms with van der Waals surface area (Å²) >= 11 is 6.34. The van der Waals surface area contributed by atoms with Crippen LogP contribution in [0.2, 0.25) is 5.02 Å². The smallest absolute Gasteiger partial charge is 0.273 e. The number of halogens is 1. The molecule has 8 heteroatoms. The average Bonchev–Trinajstić information content (AvgIpc) is 3.40. The number of nitrogens with zero attached hydrogens (tertiary/aromatic N) is 2. The number of phenols is 1. The van der Waals surface area contributed by atoms with Gasteiger partial charge in [-0.05, 0) is 47.9 Å². The summed E-state index contributed by atoms with van der Waals surface area (Å²) < 4.78 is 6.01. The molecule has 0 saturated carbocycles. The van der Waals surface area contributed by atoms with Crippen LogP contribution in [0.4, 0.5) is 0 Å². The van der Waals surface area contributed by atoms with E-state index in [4.69, 9.17) is 16.3 Å². The van der Waals surface area contributed by atoms with E-state index in [2.05, 4.69) is 10.2 Å². The first-order valence-corrected chi connectivity index (χ1v) is 11.6. The second kappa shape index (κ2) is 9.44. The highest BCUT2D eigenvalue weighted by molar-refractivity contribution is 6.31. The number of ether oxygens (including phenoxy) is 1. The van der Waals surface area contributed by atoms with Gasteiger partial charge in [0.05, 0.1) is 12.6 Å². The molecule has 1 amide bonds. The Bertz CT molecular complexity index is 1390. The minimum atomic E-state index is -0.529. The Morgan fingerprint density at radius 3 is 2.69 bits per heavy atom. The van der Waals surface area contributed by atoms with Gasteiger partial charge in [0.15, 0.2) is 0 Å². The highest BCUT2D eigenvalue weighted by atomic mass is 35.5. The van der Waals surface area contributed by atoms with Crippen molar-refractivity contribution in [1.82, 2.24) is 15.1 Å². The minimum Gasteiger partial charge on any atom is -0.507 e. The number of hydrogen-bond donors (Lipinski definition) is 3. The number of benzene rings is 3. The van der Waals surface area contributed by atoms with E-state index in [1.54, 1.807) is 24.0 Å². The number of amides is 1. The van der Waals surface area contributed by atoms with E-state index in [-0.39, 0.29) is 24.8 Å². The molecule has 0 saturated heterocycles. The fourth-order valence-electron chi connectivity index (χ4n) is 4.46. The van der Waals surface area contributed by atoms with E-state index in [0.29, 0.717) is 39.9 Å². The molecule has 5 rings (SSSR count). The van der Waals surface area contributed by atoms with Gasteiger partial charge in [-0.3, -0.25) is 9.89 Å². The Morgan fingerprint density at radius 1 is 1.11 bits per heavy atom. The van der Waals surface area contributed by atoms with Crippen molar-refractivity contribution >= 4 is 17.5 Å². The molecule has 1 unspecified atom stereocenters. The molecule has 0 bridgehead atoms. The van der Waals surface area contributed by atoms with Crippen LogP contribution in [0.15, 0.2) is 66.7 Å². The van der Waals surface area contributed by atoms with E-state index in [0.717, 1.165) is 16.7 Å². The zero-order chi connectivity index (χ0) is 24.5. The molecule has 2 heterocycles. The summed E-state index contributed by atoms with van der Waals surface area (Å²) in [5.41, 5.74) is 4.40. The molecular formula is C27H24ClN3O4. The molecule has 35 heavy (non-hydrogen) atoms. The maximum atomic E-state index is 13.2. The Hall–Kier alpha value is -3.81. The third-order valence-corrected chi connectivity index (χ3v) is 6.57. The van der Waals surface area contributed by atoms with Crippen molar-refractivity contribution in [2.75, 3.05) is 13.2 Å². The summed E-state index contributed by atoms with van der Waals surface area (Å²) in [6.07, 6.45) is 0. The number of aromatic amines is 1. The summed E-state index contributed by atoms with van der Waals surface area (Å²) in [4.78, 5) is 14.8. The van der Waals surface area contributed by atoms with Crippen molar-refractivity contribution in [2.45, 2.75) is 19.6 Å². The first kappa shape index (κ1) is 23.0. The Morgan fingerprint density at radius 2 is 1.91 bits per heavy atom. The molecule has 178 valence electrons. The van der Waals surface area contributed by atoms with E-state index >= 15 is 0 Å². The van der Waals surface area contributed by atoms with E-state index in [1.807, 2.05) is 54.6 Å². The normalized spacial score (nSPS) is 14.9. The summed E-state index contributed by atoms with van der Waals surface area (Å²) in [6, 6.07) is 20.1. The lowest BCUT2D eigenvalue weighted by Crippen LogP contribution is -2.32. The van der Waals surface area contributed by atoms with Crippen LogP contribution in [0.25, 0.3) is 11.3 Å². The van der Waals surface area contributed by atoms with Crippen molar-refractivity contribution < 1.29 is 19.7 Å². The molecule has 3 aromatic carbocycles. The highest BCUT2D eigenvalue weighted by Gasteiger charge is 2.42. The quantitative estimate of drug-likeness (QED) is 0.344. The number of carbonyl (C=O) groups is 1. The van der Waals surface area contributed by atoms with Gasteiger partial charge in [0, 0.05) is 22.7 Å². The Kier molecular flexibility index (Phi) is 6.19. The molecule has 1 aliphatic rings. The summed E-state index contributed by atoms with van der Waals surface area (Å²) in [5, 5.41) is 28.0. The van der Waals surface area contributed by atoms with E-state index < -0.39 is 6.04 Å². The van der Waals surface area contributed by atoms with Crippen LogP contribution >= 0.6 is 11.6 Å². The number of aromatic nitrogens is 2. The fraction of sp³-hybridized carbons (Fsp3) is 0.185. The highest BCUT2D eigenvalue weighted by Crippen LogP contribution is 2.45. The maximum Gasteiger partial charge on any atom is 0.273 e. The molecule has 4 aromatic rings. The lowest BCUT2D eigenvalue weighted by atomic mass is 9.95. The third kappa shape index (κ3) is 4.24. The van der Waals surface area contributed by atoms with Gasteiger partial charge in [-0.1, -0.05) is 54.1 Å². The lowest BCUT2D eigenvalue weighted by Gasteiger charge is -2.26. The van der Waals surface area contributed by atoms with Gasteiger partial charge in [0.2, 0.25) is 0 Å². The number of β-amino-alcohol motifs (C(OH)–C–C–N with tert-alkyl or cyclic N) is 1. The first-order valence-electron chi connectivity index (χ1n) is 11.2. The zero-order valence-corrected chi connectivity index (χ0v) is 19.8. The van der Waals surface area contributed by atoms with Crippen molar-refractivity contribution in [2.24, 2.45) is 0 Å². The van der Waals surface area contributed by atoms with Gasteiger partial charge in [-0.2, -0.15) is 5.10 Å². The first-order chi connectivity index (χ1) is 17.0. The van der Waals surface area contributed by atoms with Gasteiger partial charge in [0.25, 0.3) is 5.91 Å². The van der Waals surface area contributed by atoms with Gasteiger partial charge >= 0.3 is 0 Å². The van der Waals surface area contributed by atoms with Crippen molar-refractivity contribution in [1.29, 1.82) is 0 Å². The number of aliphatic hydroxyl groups is 1. The molecule has 0 radical (unpaired) electrons. The Labute approximate surface area is 207 Å². The monoisotopic (exact) mass is 489 g/mol. The zero-order valence-electron chi connectivity index (χ0n) is 19.0. The van der Waals surface area contributed by atoms with Crippen molar-refractivity contribution in [3.8, 4) is 22.8 Å². The number of fused-ring (bicyclic) bond motifs is 1. The van der Waals surface area contributed by atoms with Crippen LogP contribution in [0.3, 0.4) is 0 Å². The van der Waals surface area contributed by atoms with E-state index in [9.17, 15) is 15.0 Å². The van der Waals surface area contributed by atoms with Gasteiger partial charge in [0.1, 0.15) is 29.5 Å². The number of rotatable bonds is 7. The van der Waals surface area contributed by atoms with Gasteiger partial charge in [-0.25, -0.2) is 0 Å². The number of H-pyrrole nitrogens is 1. The predicted molar refractivity (Wildman–Crippen MR) is 133 cm³/mol. The summed E-state index contributed by atoms with van der Waals surface area (Å²) in [5.74, 6) is 0.404. The lowest BCUT2D eigenvalue weighted by molar-refractivity contribution is 0.0706. The maximum absolute atomic E-state index is 13.2. The van der Waals surface area contributed by atoms with Gasteiger partial charge in [-0.15, -0.1) is 0 Å². The molecule has 1 aliphatic heterocycles. The molecule has 0 aliphatic carbocycles. The molecule has 3 N–H and O–H groups in total. The number of nitrogens with one attached hydrogen (secondary N) is 1. The SMILES string of the molecule is Cc1cc(O)c(-c2n[nH]c3c2C(c2cccc(OCc4ccccc4)c2)N(CCO)C3=O)cc1Cl. The third-order valence-electron chi connectivity index (χ3n) is 6.16. The van der Waals surface area contributed by atoms with Crippen LogP contribution < -0.4 is 4.74 Å². The van der Waals surface area contributed by atoms with Crippen LogP contribution in [-0.4, -0.2) is 44.4 Å². The second-order valence-corrected chi connectivity index (χ2v) is 8.86. The second-order valence-electron chi connectivity index (χ2n) is 8.45. The van der Waals surface area contributed by atoms with Gasteiger partial charge < -0.3 is 19.8 Å². The topological polar surface area (TPSA) is 98.7 Å². The summed E-state index contributed by atoms with van der Waals surface area (Å²) in [6.45, 7) is 2.16. The van der Waals surface area contributed by atoms with Crippen LogP contribution in [0.5, 0.6) is 11.5 Å². The van der Waals surface area contributed by atoms with Crippen molar-refractivity contribution in [3.63, 3.8) is 0 Å². The summed E-state index contributed by atoms with van der Waals surface area (Å²) in [7, 11) is 0. The standard InChI is InChI=1S/C27H24ClN3O4/c1-16-12-22(33)20(14-21(16)28)24-23-25(30-29-24)27(34)31(10-11-32)26(23)18-8-5-9-19(13-18)35-15-17-6-3-2-4-7-17/h2-9,12-14,26,32-33H,10-11,15H2,1H3,(H,29,30). The average molecular weight is 490 g/mol. The van der Waals surface area contributed by atoms with Crippen LogP contribution in [-0.2, 0) is 6.61 Å². The Balaban J connectivity index is 1.56. The molecule has 0 spiro atoms. The molecule has 0 fully saturated rings. The number of aliphatic hydroxyl groups excluding tert-OH is 1. The number of aryl methyl sites for hydroxylation is 1.